The highest BCUT2D eigenvalue weighted by Gasteiger charge is 2.13. The third kappa shape index (κ3) is 4.28. The maximum atomic E-state index is 12.1. The minimum Gasteiger partial charge on any atom is -0.368 e. The van der Waals surface area contributed by atoms with Crippen molar-refractivity contribution in [2.45, 2.75) is 20.3 Å². The van der Waals surface area contributed by atoms with Crippen LogP contribution in [0.5, 0.6) is 0 Å². The van der Waals surface area contributed by atoms with Crippen LogP contribution in [0.2, 0.25) is 0 Å². The molecule has 1 heterocycles. The topological polar surface area (TPSA) is 58.1 Å². The molecule has 0 aliphatic heterocycles. The van der Waals surface area contributed by atoms with Crippen molar-refractivity contribution in [2.75, 3.05) is 25.0 Å². The SMILES string of the molecule is CCN(CC)C(=O)c1cnc(NCCc2ccccc2)cn1. The molecule has 0 fully saturated rings. The average Bonchev–Trinajstić information content (AvgIpc) is 2.57. The number of carbonyl (C=O) groups is 1. The van der Waals surface area contributed by atoms with Crippen LogP contribution in [-0.2, 0) is 6.42 Å². The second kappa shape index (κ2) is 8.12. The molecule has 0 radical (unpaired) electrons. The summed E-state index contributed by atoms with van der Waals surface area (Å²) in [4.78, 5) is 22.3. The van der Waals surface area contributed by atoms with Crippen molar-refractivity contribution in [2.24, 2.45) is 0 Å². The molecule has 1 aromatic heterocycles. The number of nitrogens with zero attached hydrogens (tertiary/aromatic N) is 3. The molecular weight excluding hydrogens is 276 g/mol. The van der Waals surface area contributed by atoms with Gasteiger partial charge in [0.1, 0.15) is 11.5 Å². The van der Waals surface area contributed by atoms with Gasteiger partial charge in [-0.25, -0.2) is 9.97 Å². The third-order valence-electron chi connectivity index (χ3n) is 3.48. The zero-order valence-corrected chi connectivity index (χ0v) is 13.1. The van der Waals surface area contributed by atoms with Gasteiger partial charge in [-0.2, -0.15) is 0 Å². The zero-order chi connectivity index (χ0) is 15.8. The molecule has 22 heavy (non-hydrogen) atoms. The zero-order valence-electron chi connectivity index (χ0n) is 13.1. The highest BCUT2D eigenvalue weighted by atomic mass is 16.2. The first-order valence-electron chi connectivity index (χ1n) is 7.63. The molecule has 0 bridgehead atoms. The van der Waals surface area contributed by atoms with Crippen LogP contribution in [0.3, 0.4) is 0 Å². The Bertz CT molecular complexity index is 579. The Morgan fingerprint density at radius 2 is 1.82 bits per heavy atom. The lowest BCUT2D eigenvalue weighted by Crippen LogP contribution is -2.31. The highest BCUT2D eigenvalue weighted by Crippen LogP contribution is 2.05. The molecular formula is C17H22N4O. The molecule has 0 spiro atoms. The number of aromatic nitrogens is 2. The molecule has 2 aromatic rings. The summed E-state index contributed by atoms with van der Waals surface area (Å²) in [5, 5.41) is 3.22. The van der Waals surface area contributed by atoms with E-state index in [9.17, 15) is 4.79 Å². The lowest BCUT2D eigenvalue weighted by atomic mass is 10.1. The van der Waals surface area contributed by atoms with E-state index >= 15 is 0 Å². The van der Waals surface area contributed by atoms with E-state index in [1.807, 2.05) is 32.0 Å². The van der Waals surface area contributed by atoms with Gasteiger partial charge in [-0.1, -0.05) is 30.3 Å². The summed E-state index contributed by atoms with van der Waals surface area (Å²) in [6.45, 7) is 6.03. The summed E-state index contributed by atoms with van der Waals surface area (Å²) in [5.41, 5.74) is 1.66. The van der Waals surface area contributed by atoms with E-state index in [2.05, 4.69) is 27.4 Å². The largest absolute Gasteiger partial charge is 0.368 e. The number of anilines is 1. The molecule has 2 rings (SSSR count). The summed E-state index contributed by atoms with van der Waals surface area (Å²) < 4.78 is 0. The lowest BCUT2D eigenvalue weighted by molar-refractivity contribution is 0.0766. The van der Waals surface area contributed by atoms with Crippen molar-refractivity contribution in [3.8, 4) is 0 Å². The van der Waals surface area contributed by atoms with E-state index < -0.39 is 0 Å². The second-order valence-electron chi connectivity index (χ2n) is 4.93. The van der Waals surface area contributed by atoms with Crippen molar-refractivity contribution in [1.82, 2.24) is 14.9 Å². The van der Waals surface area contributed by atoms with Gasteiger partial charge in [0.25, 0.3) is 5.91 Å². The average molecular weight is 298 g/mol. The Hall–Kier alpha value is -2.43. The first kappa shape index (κ1) is 15.9. The molecule has 1 N–H and O–H groups in total. The van der Waals surface area contributed by atoms with E-state index in [4.69, 9.17) is 0 Å². The van der Waals surface area contributed by atoms with Gasteiger partial charge >= 0.3 is 0 Å². The van der Waals surface area contributed by atoms with Crippen molar-refractivity contribution in [3.05, 3.63) is 54.0 Å². The van der Waals surface area contributed by atoms with Gasteiger partial charge in [0.15, 0.2) is 0 Å². The first-order chi connectivity index (χ1) is 10.7. The minimum atomic E-state index is -0.0756. The third-order valence-corrected chi connectivity index (χ3v) is 3.48. The van der Waals surface area contributed by atoms with Crippen LogP contribution in [-0.4, -0.2) is 40.4 Å². The molecule has 0 saturated carbocycles. The predicted molar refractivity (Wildman–Crippen MR) is 87.9 cm³/mol. The smallest absolute Gasteiger partial charge is 0.274 e. The maximum Gasteiger partial charge on any atom is 0.274 e. The Morgan fingerprint density at radius 1 is 1.09 bits per heavy atom. The fraction of sp³-hybridized carbons (Fsp3) is 0.353. The van der Waals surface area contributed by atoms with E-state index in [1.165, 1.54) is 11.8 Å². The molecule has 0 aliphatic carbocycles. The van der Waals surface area contributed by atoms with Crippen LogP contribution in [0.4, 0.5) is 5.82 Å². The predicted octanol–water partition coefficient (Wildman–Crippen LogP) is 2.61. The number of amides is 1. The molecule has 0 unspecified atom stereocenters. The molecule has 0 atom stereocenters. The monoisotopic (exact) mass is 298 g/mol. The number of hydrogen-bond acceptors (Lipinski definition) is 4. The van der Waals surface area contributed by atoms with Crippen molar-refractivity contribution < 1.29 is 4.79 Å². The van der Waals surface area contributed by atoms with Gasteiger partial charge in [-0.15, -0.1) is 0 Å². The number of nitrogens with one attached hydrogen (secondary N) is 1. The number of rotatable bonds is 7. The molecule has 5 heteroatoms. The number of benzene rings is 1. The summed E-state index contributed by atoms with van der Waals surface area (Å²) >= 11 is 0. The summed E-state index contributed by atoms with van der Waals surface area (Å²) in [6.07, 6.45) is 4.07. The van der Waals surface area contributed by atoms with E-state index in [0.29, 0.717) is 24.6 Å². The van der Waals surface area contributed by atoms with Gasteiger partial charge in [0.2, 0.25) is 0 Å². The quantitative estimate of drug-likeness (QED) is 0.853. The summed E-state index contributed by atoms with van der Waals surface area (Å²) in [5.74, 6) is 0.611. The fourth-order valence-corrected chi connectivity index (χ4v) is 2.18. The standard InChI is InChI=1S/C17H22N4O/c1-3-21(4-2)17(22)15-12-20-16(13-19-15)18-11-10-14-8-6-5-7-9-14/h5-9,12-13H,3-4,10-11H2,1-2H3,(H,18,20). The second-order valence-corrected chi connectivity index (χ2v) is 4.93. The number of hydrogen-bond donors (Lipinski definition) is 1. The normalized spacial score (nSPS) is 10.3. The molecule has 0 aliphatic rings. The molecule has 116 valence electrons. The minimum absolute atomic E-state index is 0.0756. The highest BCUT2D eigenvalue weighted by molar-refractivity contribution is 5.92. The Kier molecular flexibility index (Phi) is 5.89. The van der Waals surface area contributed by atoms with Crippen LogP contribution >= 0.6 is 0 Å². The van der Waals surface area contributed by atoms with E-state index in [1.54, 1.807) is 11.1 Å². The Labute approximate surface area is 131 Å². The van der Waals surface area contributed by atoms with Crippen LogP contribution < -0.4 is 5.32 Å². The molecule has 0 saturated heterocycles. The maximum absolute atomic E-state index is 12.1. The fourth-order valence-electron chi connectivity index (χ4n) is 2.18. The Morgan fingerprint density at radius 3 is 2.41 bits per heavy atom. The van der Waals surface area contributed by atoms with Gasteiger partial charge in [0.05, 0.1) is 12.4 Å². The first-order valence-corrected chi connectivity index (χ1v) is 7.63. The van der Waals surface area contributed by atoms with Crippen molar-refractivity contribution in [1.29, 1.82) is 0 Å². The molecule has 1 amide bonds. The Balaban J connectivity index is 1.88. The van der Waals surface area contributed by atoms with Crippen LogP contribution in [0.1, 0.15) is 29.9 Å². The summed E-state index contributed by atoms with van der Waals surface area (Å²) in [7, 11) is 0. The van der Waals surface area contributed by atoms with Crippen LogP contribution in [0.15, 0.2) is 42.7 Å². The van der Waals surface area contributed by atoms with Crippen molar-refractivity contribution >= 4 is 11.7 Å². The van der Waals surface area contributed by atoms with Crippen LogP contribution in [0, 0.1) is 0 Å². The molecule has 1 aromatic carbocycles. The van der Waals surface area contributed by atoms with Gasteiger partial charge in [-0.05, 0) is 25.8 Å². The van der Waals surface area contributed by atoms with E-state index in [0.717, 1.165) is 13.0 Å². The number of carbonyl (C=O) groups excluding carboxylic acids is 1. The van der Waals surface area contributed by atoms with Gasteiger partial charge in [-0.3, -0.25) is 4.79 Å². The van der Waals surface area contributed by atoms with Crippen molar-refractivity contribution in [3.63, 3.8) is 0 Å². The molecule has 5 nitrogen and oxygen atoms in total. The van der Waals surface area contributed by atoms with Gasteiger partial charge in [0, 0.05) is 19.6 Å². The van der Waals surface area contributed by atoms with Crippen LogP contribution in [0.25, 0.3) is 0 Å². The summed E-state index contributed by atoms with van der Waals surface area (Å²) in [6, 6.07) is 10.3. The lowest BCUT2D eigenvalue weighted by Gasteiger charge is -2.17. The van der Waals surface area contributed by atoms with E-state index in [-0.39, 0.29) is 5.91 Å². The van der Waals surface area contributed by atoms with Gasteiger partial charge < -0.3 is 10.2 Å².